The van der Waals surface area contributed by atoms with Crippen molar-refractivity contribution in [2.75, 3.05) is 6.26 Å². The van der Waals surface area contributed by atoms with Gasteiger partial charge in [0.25, 0.3) is 0 Å². The van der Waals surface area contributed by atoms with Crippen LogP contribution in [0.15, 0.2) is 33.8 Å². The summed E-state index contributed by atoms with van der Waals surface area (Å²) >= 11 is 5.29. The predicted octanol–water partition coefficient (Wildman–Crippen LogP) is 3.65. The van der Waals surface area contributed by atoms with Crippen molar-refractivity contribution in [2.45, 2.75) is 4.90 Å². The summed E-state index contributed by atoms with van der Waals surface area (Å²) in [5, 5.41) is 1.24. The molecule has 0 aliphatic heterocycles. The fourth-order valence-electron chi connectivity index (χ4n) is 1.21. The number of benzene rings is 1. The van der Waals surface area contributed by atoms with E-state index in [2.05, 4.69) is 45.4 Å². The van der Waals surface area contributed by atoms with Crippen LogP contribution in [-0.2, 0) is 0 Å². The lowest BCUT2D eigenvalue weighted by atomic mass is 10.2. The Morgan fingerprint density at radius 3 is 3.00 bits per heavy atom. The van der Waals surface area contributed by atoms with Crippen LogP contribution < -0.4 is 0 Å². The van der Waals surface area contributed by atoms with Gasteiger partial charge >= 0.3 is 0 Å². The van der Waals surface area contributed by atoms with Crippen LogP contribution in [-0.4, -0.2) is 11.2 Å². The highest BCUT2D eigenvalue weighted by molar-refractivity contribution is 9.10. The van der Waals surface area contributed by atoms with Crippen LogP contribution in [0.25, 0.3) is 10.9 Å². The van der Waals surface area contributed by atoms with Gasteiger partial charge in [0.05, 0.1) is 0 Å². The number of thioether (sulfide) groups is 1. The number of hydrogen-bond donors (Lipinski definition) is 1. The molecule has 0 aliphatic rings. The molecule has 0 aliphatic carbocycles. The lowest BCUT2D eigenvalue weighted by Gasteiger charge is -1.98. The van der Waals surface area contributed by atoms with Gasteiger partial charge in [0.15, 0.2) is 0 Å². The minimum absolute atomic E-state index is 1.16. The maximum Gasteiger partial charge on any atom is 0.0476 e. The Hall–Kier alpha value is -0.410. The Morgan fingerprint density at radius 1 is 1.42 bits per heavy atom. The van der Waals surface area contributed by atoms with E-state index in [0.717, 1.165) is 4.47 Å². The van der Waals surface area contributed by atoms with Gasteiger partial charge in [0, 0.05) is 26.5 Å². The Morgan fingerprint density at radius 2 is 2.25 bits per heavy atom. The Bertz CT molecular complexity index is 408. The van der Waals surface area contributed by atoms with Crippen molar-refractivity contribution < 1.29 is 0 Å². The Balaban J connectivity index is 2.75. The van der Waals surface area contributed by atoms with Crippen molar-refractivity contribution >= 4 is 38.6 Å². The molecule has 1 nitrogen and oxygen atoms in total. The van der Waals surface area contributed by atoms with Gasteiger partial charge in [0.1, 0.15) is 0 Å². The second-order valence-corrected chi connectivity index (χ2v) is 4.28. The number of aromatic nitrogens is 1. The molecule has 2 aromatic rings. The maximum absolute atomic E-state index is 3.53. The predicted molar refractivity (Wildman–Crippen MR) is 57.8 cm³/mol. The highest BCUT2D eigenvalue weighted by Crippen LogP contribution is 2.28. The number of nitrogens with one attached hydrogen (secondary N) is 1. The highest BCUT2D eigenvalue weighted by atomic mass is 79.9. The average Bonchev–Trinajstić information content (AvgIpc) is 2.52. The first-order valence-electron chi connectivity index (χ1n) is 3.62. The second kappa shape index (κ2) is 3.15. The molecule has 0 saturated heterocycles. The fraction of sp³-hybridized carbons (Fsp3) is 0.111. The van der Waals surface area contributed by atoms with Crippen LogP contribution >= 0.6 is 27.7 Å². The Kier molecular flexibility index (Phi) is 2.15. The fourth-order valence-corrected chi connectivity index (χ4v) is 2.43. The topological polar surface area (TPSA) is 15.8 Å². The Labute approximate surface area is 83.7 Å². The zero-order valence-corrected chi connectivity index (χ0v) is 9.00. The van der Waals surface area contributed by atoms with E-state index >= 15 is 0 Å². The first kappa shape index (κ1) is 8.20. The summed E-state index contributed by atoms with van der Waals surface area (Å²) in [4.78, 5) is 4.47. The van der Waals surface area contributed by atoms with Gasteiger partial charge < -0.3 is 4.98 Å². The summed E-state index contributed by atoms with van der Waals surface area (Å²) in [6.45, 7) is 0. The van der Waals surface area contributed by atoms with Gasteiger partial charge in [-0.05, 0) is 24.5 Å². The molecule has 1 heterocycles. The molecule has 0 unspecified atom stereocenters. The minimum atomic E-state index is 1.16. The normalized spacial score (nSPS) is 10.8. The van der Waals surface area contributed by atoms with E-state index in [1.54, 1.807) is 11.8 Å². The standard InChI is InChI=1S/C9H8BrNS/c1-12-6-4-8(10)7-2-3-11-9(7)5-6/h2-5,11H,1H3. The van der Waals surface area contributed by atoms with Crippen LogP contribution in [0.3, 0.4) is 0 Å². The van der Waals surface area contributed by atoms with Crippen LogP contribution in [0.1, 0.15) is 0 Å². The van der Waals surface area contributed by atoms with Gasteiger partial charge in [-0.3, -0.25) is 0 Å². The quantitative estimate of drug-likeness (QED) is 0.754. The molecule has 1 aromatic heterocycles. The summed E-state index contributed by atoms with van der Waals surface area (Å²) in [7, 11) is 0. The highest BCUT2D eigenvalue weighted by Gasteiger charge is 2.01. The number of hydrogen-bond acceptors (Lipinski definition) is 1. The van der Waals surface area contributed by atoms with E-state index in [-0.39, 0.29) is 0 Å². The molecular weight excluding hydrogens is 234 g/mol. The van der Waals surface area contributed by atoms with Crippen molar-refractivity contribution in [1.29, 1.82) is 0 Å². The summed E-state index contributed by atoms with van der Waals surface area (Å²) < 4.78 is 1.16. The second-order valence-electron chi connectivity index (χ2n) is 2.55. The molecule has 0 bridgehead atoms. The zero-order chi connectivity index (χ0) is 8.55. The molecule has 0 spiro atoms. The first-order chi connectivity index (χ1) is 5.81. The van der Waals surface area contributed by atoms with Gasteiger partial charge in [-0.25, -0.2) is 0 Å². The lowest BCUT2D eigenvalue weighted by Crippen LogP contribution is -1.73. The molecule has 0 fully saturated rings. The number of rotatable bonds is 1. The molecule has 2 rings (SSSR count). The summed E-state index contributed by atoms with van der Waals surface area (Å²) in [5.41, 5.74) is 1.19. The van der Waals surface area contributed by atoms with Crippen molar-refractivity contribution in [2.24, 2.45) is 0 Å². The van der Waals surface area contributed by atoms with E-state index in [9.17, 15) is 0 Å². The monoisotopic (exact) mass is 241 g/mol. The number of halogens is 1. The number of fused-ring (bicyclic) bond motifs is 1. The van der Waals surface area contributed by atoms with E-state index in [1.807, 2.05) is 6.20 Å². The molecule has 0 radical (unpaired) electrons. The molecule has 62 valence electrons. The summed E-state index contributed by atoms with van der Waals surface area (Å²) in [6, 6.07) is 6.37. The van der Waals surface area contributed by atoms with Crippen molar-refractivity contribution in [3.05, 3.63) is 28.9 Å². The van der Waals surface area contributed by atoms with Crippen LogP contribution in [0.5, 0.6) is 0 Å². The molecule has 3 heteroatoms. The molecule has 1 aromatic carbocycles. The van der Waals surface area contributed by atoms with Gasteiger partial charge in [-0.2, -0.15) is 0 Å². The molecule has 0 atom stereocenters. The van der Waals surface area contributed by atoms with E-state index in [1.165, 1.54) is 15.8 Å². The summed E-state index contributed by atoms with van der Waals surface area (Å²) in [6.07, 6.45) is 4.04. The lowest BCUT2D eigenvalue weighted by molar-refractivity contribution is 1.42. The van der Waals surface area contributed by atoms with E-state index in [0.29, 0.717) is 0 Å². The van der Waals surface area contributed by atoms with Crippen LogP contribution in [0, 0.1) is 0 Å². The smallest absolute Gasteiger partial charge is 0.0476 e. The van der Waals surface area contributed by atoms with Gasteiger partial charge in [0.2, 0.25) is 0 Å². The van der Waals surface area contributed by atoms with E-state index in [4.69, 9.17) is 0 Å². The first-order valence-corrected chi connectivity index (χ1v) is 5.63. The third kappa shape index (κ3) is 1.27. The molecule has 12 heavy (non-hydrogen) atoms. The van der Waals surface area contributed by atoms with Gasteiger partial charge in [-0.15, -0.1) is 11.8 Å². The third-order valence-corrected chi connectivity index (χ3v) is 3.19. The largest absolute Gasteiger partial charge is 0.361 e. The van der Waals surface area contributed by atoms with Crippen LogP contribution in [0.2, 0.25) is 0 Å². The average molecular weight is 242 g/mol. The third-order valence-electron chi connectivity index (χ3n) is 1.83. The molecule has 0 amide bonds. The molecule has 1 N–H and O–H groups in total. The molecule has 0 saturated carbocycles. The molecular formula is C9H8BrNS. The van der Waals surface area contributed by atoms with E-state index < -0.39 is 0 Å². The number of H-pyrrole nitrogens is 1. The minimum Gasteiger partial charge on any atom is -0.361 e. The zero-order valence-electron chi connectivity index (χ0n) is 6.60. The van der Waals surface area contributed by atoms with Crippen molar-refractivity contribution in [3.8, 4) is 0 Å². The summed E-state index contributed by atoms with van der Waals surface area (Å²) in [5.74, 6) is 0. The van der Waals surface area contributed by atoms with Crippen molar-refractivity contribution in [3.63, 3.8) is 0 Å². The van der Waals surface area contributed by atoms with Crippen LogP contribution in [0.4, 0.5) is 0 Å². The maximum atomic E-state index is 3.53. The number of aromatic amines is 1. The van der Waals surface area contributed by atoms with Gasteiger partial charge in [-0.1, -0.05) is 15.9 Å². The SMILES string of the molecule is CSc1cc(Br)c2cc[nH]c2c1. The van der Waals surface area contributed by atoms with Crippen molar-refractivity contribution in [1.82, 2.24) is 4.98 Å².